The van der Waals surface area contributed by atoms with Gasteiger partial charge in [0.2, 0.25) is 5.91 Å². The monoisotopic (exact) mass is 442 g/mol. The van der Waals surface area contributed by atoms with E-state index in [0.717, 1.165) is 48.6 Å². The number of carbonyl (C=O) groups excluding carboxylic acids is 2. The molecular formula is C23H34N6O3. The molecule has 9 heteroatoms. The summed E-state index contributed by atoms with van der Waals surface area (Å²) in [5, 5.41) is 11.2. The smallest absolute Gasteiger partial charge is 0.407 e. The lowest BCUT2D eigenvalue weighted by Gasteiger charge is -2.19. The van der Waals surface area contributed by atoms with E-state index in [0.29, 0.717) is 12.3 Å². The Morgan fingerprint density at radius 3 is 2.94 bits per heavy atom. The highest BCUT2D eigenvalue weighted by Crippen LogP contribution is 2.33. The molecule has 2 amide bonds. The number of hydrazine groups is 1. The van der Waals surface area contributed by atoms with Gasteiger partial charge < -0.3 is 15.4 Å². The summed E-state index contributed by atoms with van der Waals surface area (Å²) in [6.45, 7) is 4.00. The number of fused-ring (bicyclic) bond motifs is 1. The fourth-order valence-electron chi connectivity index (χ4n) is 4.67. The van der Waals surface area contributed by atoms with Crippen LogP contribution in [0.5, 0.6) is 0 Å². The van der Waals surface area contributed by atoms with E-state index in [2.05, 4.69) is 26.6 Å². The lowest BCUT2D eigenvalue weighted by atomic mass is 9.96. The first-order valence-corrected chi connectivity index (χ1v) is 11.6. The Balaban J connectivity index is 1.21. The van der Waals surface area contributed by atoms with Gasteiger partial charge in [0.15, 0.2) is 0 Å². The number of amides is 2. The molecule has 0 radical (unpaired) electrons. The quantitative estimate of drug-likeness (QED) is 0.523. The first kappa shape index (κ1) is 22.5. The molecule has 1 saturated carbocycles. The van der Waals surface area contributed by atoms with E-state index in [9.17, 15) is 9.59 Å². The number of carbonyl (C=O) groups is 2. The predicted molar refractivity (Wildman–Crippen MR) is 122 cm³/mol. The van der Waals surface area contributed by atoms with Crippen molar-refractivity contribution in [2.24, 2.45) is 13.0 Å². The third-order valence-corrected chi connectivity index (χ3v) is 6.69. The van der Waals surface area contributed by atoms with Gasteiger partial charge in [-0.2, -0.15) is 5.10 Å². The van der Waals surface area contributed by atoms with Crippen LogP contribution in [-0.4, -0.2) is 46.1 Å². The van der Waals surface area contributed by atoms with Gasteiger partial charge in [0.05, 0.1) is 24.3 Å². The number of alkyl carbamates (subject to hydrolysis) is 1. The topological polar surface area (TPSA) is 109 Å². The molecule has 2 unspecified atom stereocenters. The average molecular weight is 443 g/mol. The Hall–Kier alpha value is -2.65. The van der Waals surface area contributed by atoms with Gasteiger partial charge in [-0.15, -0.1) is 0 Å². The zero-order valence-electron chi connectivity index (χ0n) is 19.1. The van der Waals surface area contributed by atoms with Crippen LogP contribution in [0, 0.1) is 5.92 Å². The van der Waals surface area contributed by atoms with E-state index in [4.69, 9.17) is 4.74 Å². The van der Waals surface area contributed by atoms with Crippen LogP contribution in [-0.2, 0) is 23.0 Å². The summed E-state index contributed by atoms with van der Waals surface area (Å²) in [6, 6.07) is 6.36. The van der Waals surface area contributed by atoms with E-state index in [1.54, 1.807) is 0 Å². The van der Waals surface area contributed by atoms with Gasteiger partial charge in [0.25, 0.3) is 0 Å². The van der Waals surface area contributed by atoms with Crippen molar-refractivity contribution in [1.82, 2.24) is 31.3 Å². The molecule has 4 N–H and O–H groups in total. The zero-order chi connectivity index (χ0) is 22.7. The Kier molecular flexibility index (Phi) is 6.95. The Bertz CT molecular complexity index is 960. The van der Waals surface area contributed by atoms with Crippen molar-refractivity contribution >= 4 is 22.9 Å². The van der Waals surface area contributed by atoms with Gasteiger partial charge in [-0.05, 0) is 62.6 Å². The van der Waals surface area contributed by atoms with Crippen molar-refractivity contribution < 1.29 is 14.3 Å². The number of ether oxygens (including phenoxy) is 1. The minimum atomic E-state index is -0.322. The van der Waals surface area contributed by atoms with E-state index < -0.39 is 0 Å². The Morgan fingerprint density at radius 2 is 2.12 bits per heavy atom. The largest absolute Gasteiger partial charge is 0.446 e. The van der Waals surface area contributed by atoms with Crippen molar-refractivity contribution in [3.8, 4) is 0 Å². The molecule has 9 nitrogen and oxygen atoms in total. The molecule has 2 fully saturated rings. The van der Waals surface area contributed by atoms with Crippen LogP contribution >= 0.6 is 0 Å². The van der Waals surface area contributed by atoms with Crippen molar-refractivity contribution in [2.45, 2.75) is 76.7 Å². The van der Waals surface area contributed by atoms with Crippen LogP contribution in [0.1, 0.15) is 51.5 Å². The van der Waals surface area contributed by atoms with Crippen LogP contribution in [0.2, 0.25) is 0 Å². The summed E-state index contributed by atoms with van der Waals surface area (Å²) < 4.78 is 7.41. The molecule has 1 aliphatic heterocycles. The number of benzene rings is 1. The van der Waals surface area contributed by atoms with Gasteiger partial charge in [0, 0.05) is 24.5 Å². The SMILES string of the molecule is CC[C@H](C)NC(=O)O[C@@H]1CC[C@H](C2CC(NC(=O)Cc3ccc4c(cnn4C)c3)NN2)C1. The van der Waals surface area contributed by atoms with Crippen molar-refractivity contribution in [1.29, 1.82) is 0 Å². The average Bonchev–Trinajstić information content (AvgIpc) is 3.48. The van der Waals surface area contributed by atoms with Gasteiger partial charge in [-0.1, -0.05) is 13.0 Å². The number of hydrogen-bond donors (Lipinski definition) is 4. The number of nitrogens with one attached hydrogen (secondary N) is 4. The Morgan fingerprint density at radius 1 is 1.28 bits per heavy atom. The van der Waals surface area contributed by atoms with Crippen molar-refractivity contribution in [3.63, 3.8) is 0 Å². The third-order valence-electron chi connectivity index (χ3n) is 6.69. The molecule has 2 aromatic rings. The molecule has 5 atom stereocenters. The summed E-state index contributed by atoms with van der Waals surface area (Å²) in [4.78, 5) is 24.5. The Labute approximate surface area is 188 Å². The third kappa shape index (κ3) is 5.39. The molecule has 1 aromatic carbocycles. The fourth-order valence-corrected chi connectivity index (χ4v) is 4.67. The number of nitrogens with zero attached hydrogens (tertiary/aromatic N) is 2. The maximum Gasteiger partial charge on any atom is 0.407 e. The second-order valence-electron chi connectivity index (χ2n) is 9.14. The number of hydrogen-bond acceptors (Lipinski definition) is 6. The molecule has 1 aromatic heterocycles. The van der Waals surface area contributed by atoms with E-state index in [-0.39, 0.29) is 36.4 Å². The van der Waals surface area contributed by atoms with Crippen molar-refractivity contribution in [3.05, 3.63) is 30.0 Å². The molecule has 174 valence electrons. The first-order valence-electron chi connectivity index (χ1n) is 11.6. The number of rotatable bonds is 7. The summed E-state index contributed by atoms with van der Waals surface area (Å²) in [5.74, 6) is 0.404. The molecule has 0 spiro atoms. The maximum absolute atomic E-state index is 12.6. The van der Waals surface area contributed by atoms with Crippen LogP contribution in [0.4, 0.5) is 4.79 Å². The maximum atomic E-state index is 12.6. The van der Waals surface area contributed by atoms with Gasteiger partial charge in [-0.3, -0.25) is 14.9 Å². The van der Waals surface area contributed by atoms with Crippen LogP contribution < -0.4 is 21.5 Å². The predicted octanol–water partition coefficient (Wildman–Crippen LogP) is 2.12. The standard InChI is InChI=1S/C23H34N6O3/c1-4-14(2)25-23(31)32-18-7-6-16(11-18)19-12-21(28-27-19)26-22(30)10-15-5-8-20-17(9-15)13-24-29(20)3/h5,8-9,13-14,16,18-19,21,27-28H,4,6-7,10-12H2,1-3H3,(H,25,31)(H,26,30)/t14-,16-,18+,19?,21?/m0/s1. The summed E-state index contributed by atoms with van der Waals surface area (Å²) in [5.41, 5.74) is 8.56. The molecular weight excluding hydrogens is 408 g/mol. The van der Waals surface area contributed by atoms with Gasteiger partial charge in [0.1, 0.15) is 6.10 Å². The molecule has 32 heavy (non-hydrogen) atoms. The van der Waals surface area contributed by atoms with E-state index >= 15 is 0 Å². The summed E-state index contributed by atoms with van der Waals surface area (Å²) in [6.07, 6.45) is 6.10. The van der Waals surface area contributed by atoms with Crippen molar-refractivity contribution in [2.75, 3.05) is 0 Å². The van der Waals surface area contributed by atoms with Crippen LogP contribution in [0.15, 0.2) is 24.4 Å². The summed E-state index contributed by atoms with van der Waals surface area (Å²) in [7, 11) is 1.91. The highest BCUT2D eigenvalue weighted by atomic mass is 16.6. The normalized spacial score (nSPS) is 26.2. The highest BCUT2D eigenvalue weighted by molar-refractivity contribution is 5.83. The van der Waals surface area contributed by atoms with Gasteiger partial charge in [-0.25, -0.2) is 10.2 Å². The van der Waals surface area contributed by atoms with Gasteiger partial charge >= 0.3 is 6.09 Å². The molecule has 2 aliphatic rings. The second-order valence-corrected chi connectivity index (χ2v) is 9.14. The lowest BCUT2D eigenvalue weighted by molar-refractivity contribution is -0.121. The van der Waals surface area contributed by atoms with Crippen LogP contribution in [0.3, 0.4) is 0 Å². The zero-order valence-corrected chi connectivity index (χ0v) is 19.1. The molecule has 4 rings (SSSR count). The minimum absolute atomic E-state index is 0.0115. The number of aryl methyl sites for hydroxylation is 1. The first-order chi connectivity index (χ1) is 15.4. The highest BCUT2D eigenvalue weighted by Gasteiger charge is 2.37. The molecule has 1 saturated heterocycles. The molecule has 0 bridgehead atoms. The lowest BCUT2D eigenvalue weighted by Crippen LogP contribution is -2.45. The minimum Gasteiger partial charge on any atom is -0.446 e. The summed E-state index contributed by atoms with van der Waals surface area (Å²) >= 11 is 0. The van der Waals surface area contributed by atoms with Crippen LogP contribution in [0.25, 0.3) is 10.9 Å². The molecule has 2 heterocycles. The van der Waals surface area contributed by atoms with E-state index in [1.165, 1.54) is 0 Å². The number of aromatic nitrogens is 2. The second kappa shape index (κ2) is 9.87. The fraction of sp³-hybridized carbons (Fsp3) is 0.609. The molecule has 1 aliphatic carbocycles. The van der Waals surface area contributed by atoms with E-state index in [1.807, 2.05) is 50.0 Å².